The van der Waals surface area contributed by atoms with Gasteiger partial charge in [0.1, 0.15) is 0 Å². The highest BCUT2D eigenvalue weighted by Gasteiger charge is 2.67. The number of allylic oxidation sites excluding steroid dienone is 2. The molecule has 0 aliphatic heterocycles. The zero-order chi connectivity index (χ0) is 31.0. The molecule has 0 saturated heterocycles. The molecular weight excluding hydrogens is 573 g/mol. The molecule has 0 aromatic heterocycles. The van der Waals surface area contributed by atoms with Gasteiger partial charge in [-0.25, -0.2) is 0 Å². The van der Waals surface area contributed by atoms with Gasteiger partial charge >= 0.3 is 0 Å². The van der Waals surface area contributed by atoms with Crippen molar-refractivity contribution in [2.75, 3.05) is 0 Å². The monoisotopic (exact) mass is 636 g/mol. The fraction of sp³-hybridized carbons (Fsp3) is 0.879. The molecule has 0 bridgehead atoms. The first-order valence-corrected chi connectivity index (χ1v) is 30.2. The molecule has 2 saturated carbocycles. The van der Waals surface area contributed by atoms with E-state index in [1.165, 1.54) is 18.6 Å². The molecule has 0 aromatic rings. The molecule has 8 atom stereocenters. The summed E-state index contributed by atoms with van der Waals surface area (Å²) in [6, 6.07) is 0. The molecule has 4 rings (SSSR count). The summed E-state index contributed by atoms with van der Waals surface area (Å²) in [5.74, 6) is 2.87. The number of hydrogen-bond donors (Lipinski definition) is 0. The van der Waals surface area contributed by atoms with E-state index in [-0.39, 0.29) is 22.5 Å². The summed E-state index contributed by atoms with van der Waals surface area (Å²) < 4.78 is 28.3. The molecule has 0 spiro atoms. The van der Waals surface area contributed by atoms with E-state index in [1.807, 2.05) is 0 Å². The maximum atomic E-state index is 7.44. The molecule has 0 amide bonds. The Labute approximate surface area is 257 Å². The molecule has 2 fully saturated rings. The average molecular weight is 637 g/mol. The lowest BCUT2D eigenvalue weighted by atomic mass is 9.48. The molecule has 0 N–H and O–H groups in total. The van der Waals surface area contributed by atoms with Crippen molar-refractivity contribution in [2.24, 2.45) is 28.6 Å². The molecule has 0 unspecified atom stereocenters. The summed E-state index contributed by atoms with van der Waals surface area (Å²) in [6.45, 7) is 35.5. The molecule has 0 heterocycles. The largest absolute Gasteiger partial charge is 0.547 e. The summed E-state index contributed by atoms with van der Waals surface area (Å²) in [5, 5.41) is 0. The SMILES string of the molecule is C[C@H](O[Si](C)(C)C)[C@@]1(O[Si](C)(C)C)CC[C@H]2[C@@H]3CC=C4C[C@@H](O[Si](C)(C)C)CC[C@]4(C)[C@H]3C(O[Si](C)(C)C)=C[C@@]21C. The average Bonchev–Trinajstić information content (AvgIpc) is 3.02. The van der Waals surface area contributed by atoms with E-state index < -0.39 is 33.3 Å². The van der Waals surface area contributed by atoms with E-state index in [2.05, 4.69) is 111 Å². The van der Waals surface area contributed by atoms with Crippen LogP contribution in [0.5, 0.6) is 0 Å². The van der Waals surface area contributed by atoms with Crippen molar-refractivity contribution in [3.63, 3.8) is 0 Å². The molecule has 41 heavy (non-hydrogen) atoms. The van der Waals surface area contributed by atoms with Crippen molar-refractivity contribution < 1.29 is 17.7 Å². The molecule has 4 aliphatic rings. The fourth-order valence-electron chi connectivity index (χ4n) is 9.31. The van der Waals surface area contributed by atoms with Crippen molar-refractivity contribution >= 4 is 33.3 Å². The van der Waals surface area contributed by atoms with Crippen LogP contribution in [-0.2, 0) is 17.7 Å². The third kappa shape index (κ3) is 6.83. The van der Waals surface area contributed by atoms with Crippen LogP contribution in [0.1, 0.15) is 59.3 Å². The van der Waals surface area contributed by atoms with Crippen molar-refractivity contribution in [1.29, 1.82) is 0 Å². The Morgan fingerprint density at radius 1 is 0.805 bits per heavy atom. The van der Waals surface area contributed by atoms with Crippen LogP contribution in [0, 0.1) is 28.6 Å². The molecule has 8 heteroatoms. The maximum absolute atomic E-state index is 7.44. The first kappa shape index (κ1) is 33.9. The lowest BCUT2D eigenvalue weighted by molar-refractivity contribution is -0.119. The Balaban J connectivity index is 1.83. The van der Waals surface area contributed by atoms with Crippen molar-refractivity contribution in [2.45, 2.75) is 156 Å². The summed E-state index contributed by atoms with van der Waals surface area (Å²) in [5.41, 5.74) is 1.33. The van der Waals surface area contributed by atoms with Gasteiger partial charge in [-0.15, -0.1) is 0 Å². The fourth-order valence-corrected chi connectivity index (χ4v) is 14.2. The van der Waals surface area contributed by atoms with Gasteiger partial charge in [-0.2, -0.15) is 0 Å². The van der Waals surface area contributed by atoms with E-state index in [0.29, 0.717) is 23.9 Å². The van der Waals surface area contributed by atoms with E-state index in [9.17, 15) is 0 Å². The molecule has 4 aliphatic carbocycles. The molecule has 4 nitrogen and oxygen atoms in total. The summed E-state index contributed by atoms with van der Waals surface area (Å²) in [4.78, 5) is 0. The van der Waals surface area contributed by atoms with Crippen LogP contribution in [-0.4, -0.2) is 51.1 Å². The summed E-state index contributed by atoms with van der Waals surface area (Å²) in [7, 11) is -7.09. The van der Waals surface area contributed by atoms with Gasteiger partial charge in [0.05, 0.1) is 17.5 Å². The highest BCUT2D eigenvalue weighted by atomic mass is 28.4. The molecular formula is C33H64O4Si4. The minimum Gasteiger partial charge on any atom is -0.547 e. The van der Waals surface area contributed by atoms with Gasteiger partial charge in [0.25, 0.3) is 0 Å². The quantitative estimate of drug-likeness (QED) is 0.186. The van der Waals surface area contributed by atoms with Gasteiger partial charge < -0.3 is 17.7 Å². The van der Waals surface area contributed by atoms with Crippen molar-refractivity contribution in [1.82, 2.24) is 0 Å². The van der Waals surface area contributed by atoms with E-state index in [4.69, 9.17) is 17.7 Å². The van der Waals surface area contributed by atoms with Gasteiger partial charge in [-0.05, 0) is 147 Å². The second kappa shape index (κ2) is 10.8. The van der Waals surface area contributed by atoms with Gasteiger partial charge in [0.15, 0.2) is 25.0 Å². The zero-order valence-electron chi connectivity index (χ0n) is 29.4. The van der Waals surface area contributed by atoms with Crippen LogP contribution in [0.2, 0.25) is 78.6 Å². The normalized spacial score (nSPS) is 38.8. The second-order valence-electron chi connectivity index (χ2n) is 18.3. The number of fused-ring (bicyclic) bond motifs is 5. The predicted molar refractivity (Wildman–Crippen MR) is 184 cm³/mol. The molecule has 0 radical (unpaired) electrons. The van der Waals surface area contributed by atoms with Crippen LogP contribution in [0.4, 0.5) is 0 Å². The first-order valence-electron chi connectivity index (χ1n) is 16.6. The number of hydrogen-bond acceptors (Lipinski definition) is 4. The standard InChI is InChI=1S/C33H64O4Si4/c1-24(34-38(4,5)6)33(37-41(13,14)15)21-19-28-27-17-16-25-22-26(35-39(7,8)9)18-20-31(25,2)30(27)29(23-32(28,33)3)36-40(10,11)12/h16,23-24,26-28,30H,17-22H2,1-15H3/t24-,26-,27-,28-,30+,31-,32-,33-/m0/s1. The van der Waals surface area contributed by atoms with Crippen LogP contribution in [0.25, 0.3) is 0 Å². The second-order valence-corrected chi connectivity index (χ2v) is 36.1. The highest BCUT2D eigenvalue weighted by Crippen LogP contribution is 2.68. The highest BCUT2D eigenvalue weighted by molar-refractivity contribution is 6.71. The smallest absolute Gasteiger partial charge is 0.241 e. The van der Waals surface area contributed by atoms with Gasteiger partial charge in [0, 0.05) is 17.4 Å². The molecule has 236 valence electrons. The third-order valence-electron chi connectivity index (χ3n) is 10.3. The Kier molecular flexibility index (Phi) is 8.96. The van der Waals surface area contributed by atoms with Crippen molar-refractivity contribution in [3.05, 3.63) is 23.5 Å². The Morgan fingerprint density at radius 2 is 1.44 bits per heavy atom. The van der Waals surface area contributed by atoms with Crippen LogP contribution in [0.15, 0.2) is 23.5 Å². The Morgan fingerprint density at radius 3 is 1.98 bits per heavy atom. The Hall–Kier alpha value is 0.0275. The maximum Gasteiger partial charge on any atom is 0.241 e. The van der Waals surface area contributed by atoms with E-state index in [1.54, 1.807) is 5.57 Å². The minimum absolute atomic E-state index is 0.0521. The van der Waals surface area contributed by atoms with Gasteiger partial charge in [-0.3, -0.25) is 0 Å². The predicted octanol–water partition coefficient (Wildman–Crippen LogP) is 9.95. The van der Waals surface area contributed by atoms with Crippen molar-refractivity contribution in [3.8, 4) is 0 Å². The van der Waals surface area contributed by atoms with Gasteiger partial charge in [0.2, 0.25) is 8.32 Å². The van der Waals surface area contributed by atoms with Crippen LogP contribution < -0.4 is 0 Å². The number of rotatable bonds is 9. The lowest BCUT2D eigenvalue weighted by Crippen LogP contribution is -2.62. The van der Waals surface area contributed by atoms with Crippen LogP contribution >= 0.6 is 0 Å². The Bertz CT molecular complexity index is 1050. The summed E-state index contributed by atoms with van der Waals surface area (Å²) >= 11 is 0. The van der Waals surface area contributed by atoms with E-state index >= 15 is 0 Å². The van der Waals surface area contributed by atoms with Crippen LogP contribution in [0.3, 0.4) is 0 Å². The first-order chi connectivity index (χ1) is 18.4. The zero-order valence-corrected chi connectivity index (χ0v) is 33.4. The molecule has 0 aromatic carbocycles. The minimum atomic E-state index is -1.89. The van der Waals surface area contributed by atoms with E-state index in [0.717, 1.165) is 25.7 Å². The van der Waals surface area contributed by atoms with Gasteiger partial charge in [-0.1, -0.05) is 25.5 Å². The topological polar surface area (TPSA) is 36.9 Å². The third-order valence-corrected chi connectivity index (χ3v) is 14.2. The summed E-state index contributed by atoms with van der Waals surface area (Å²) in [6.07, 6.45) is 12.6. The lowest BCUT2D eigenvalue weighted by Gasteiger charge is -2.60.